The Kier molecular flexibility index (Phi) is 33.8. The number of hydrogen-bond donors (Lipinski definition) is 0. The van der Waals surface area contributed by atoms with Crippen LogP contribution in [0.2, 0.25) is 6.04 Å². The van der Waals surface area contributed by atoms with E-state index in [9.17, 15) is 0 Å². The largest absolute Gasteiger partial charge is 3.00 e. The van der Waals surface area contributed by atoms with Crippen molar-refractivity contribution < 1.29 is 67.5 Å². The van der Waals surface area contributed by atoms with Gasteiger partial charge in [-0.3, -0.25) is 9.48 Å². The number of hydrogen-bond acceptors (Lipinski definition) is 4. The summed E-state index contributed by atoms with van der Waals surface area (Å²) in [5.41, 5.74) is 0. The summed E-state index contributed by atoms with van der Waals surface area (Å²) < 4.78 is 20.1. The monoisotopic (exact) mass is 498 g/mol. The second-order valence-corrected chi connectivity index (χ2v) is 8.36. The normalized spacial score (nSPS) is 12.6. The smallest absolute Gasteiger partial charge is 1.00 e. The topological polar surface area (TPSA) is 33.9 Å². The average molecular weight is 500 g/mol. The van der Waals surface area contributed by atoms with Crippen LogP contribution in [0.3, 0.4) is 0 Å². The maximum Gasteiger partial charge on any atom is 3.00 e. The molecule has 162 valence electrons. The molecule has 1 heterocycles. The third-order valence-electron chi connectivity index (χ3n) is 3.82. The fourth-order valence-electron chi connectivity index (χ4n) is 2.80. The average Bonchev–Trinajstić information content (AvgIpc) is 2.94. The summed E-state index contributed by atoms with van der Waals surface area (Å²) in [7, 11) is -2.46. The Hall–Kier alpha value is 1.26. The van der Waals surface area contributed by atoms with Crippen LogP contribution >= 0.6 is 0 Å². The third kappa shape index (κ3) is 15.7. The zero-order chi connectivity index (χ0) is 16.3. The van der Waals surface area contributed by atoms with Crippen LogP contribution in [0.4, 0.5) is 0 Å². The van der Waals surface area contributed by atoms with Gasteiger partial charge in [0.05, 0.1) is 13.1 Å². The van der Waals surface area contributed by atoms with E-state index in [0.717, 1.165) is 32.1 Å². The summed E-state index contributed by atoms with van der Waals surface area (Å²) in [4.78, 5) is 2.43. The van der Waals surface area contributed by atoms with Crippen molar-refractivity contribution in [2.24, 2.45) is 0 Å². The second kappa shape index (κ2) is 23.5. The Labute approximate surface area is 203 Å². The van der Waals surface area contributed by atoms with E-state index in [2.05, 4.69) is 22.7 Å². The molecule has 0 spiro atoms. The standard InChI is InChI=1S/C16H35N2O3Si.Al.4ClH/c1-5-9-11-17-13-14-18(16-17)12-10-15-22(19-6-2,20-7-3)21-8-4;;;;;/h16H,5-15H2,1-4H3;;4*1H/q+1;+3;;;;/p-4. The van der Waals surface area contributed by atoms with Crippen molar-refractivity contribution in [1.82, 2.24) is 4.90 Å². The zero-order valence-corrected chi connectivity index (χ0v) is 22.2. The van der Waals surface area contributed by atoms with E-state index in [4.69, 9.17) is 13.3 Å². The van der Waals surface area contributed by atoms with Crippen LogP contribution in [0.5, 0.6) is 0 Å². The first-order chi connectivity index (χ1) is 10.7. The van der Waals surface area contributed by atoms with Crippen molar-refractivity contribution in [1.29, 1.82) is 0 Å². The van der Waals surface area contributed by atoms with E-state index >= 15 is 0 Å². The second-order valence-electron chi connectivity index (χ2n) is 5.63. The van der Waals surface area contributed by atoms with Gasteiger partial charge in [0.25, 0.3) is 0 Å². The molecule has 0 aliphatic carbocycles. The summed E-state index contributed by atoms with van der Waals surface area (Å²) in [5.74, 6) is 0. The van der Waals surface area contributed by atoms with E-state index in [-0.39, 0.29) is 67.0 Å². The molecule has 1 aliphatic rings. The predicted octanol–water partition coefficient (Wildman–Crippen LogP) is -9.78. The van der Waals surface area contributed by atoms with Crippen LogP contribution in [0, 0.1) is 0 Å². The van der Waals surface area contributed by atoms with Gasteiger partial charge >= 0.3 is 26.2 Å². The Morgan fingerprint density at radius 3 is 1.85 bits per heavy atom. The molecule has 1 aliphatic heterocycles. The van der Waals surface area contributed by atoms with E-state index in [1.807, 2.05) is 20.8 Å². The molecule has 0 unspecified atom stereocenters. The van der Waals surface area contributed by atoms with E-state index in [1.54, 1.807) is 0 Å². The van der Waals surface area contributed by atoms with Gasteiger partial charge in [0, 0.05) is 25.9 Å². The molecule has 0 bridgehead atoms. The summed E-state index contributed by atoms with van der Waals surface area (Å²) in [6, 6.07) is 0.905. The first-order valence-corrected chi connectivity index (χ1v) is 10.9. The van der Waals surface area contributed by atoms with Gasteiger partial charge in [0.2, 0.25) is 6.34 Å². The van der Waals surface area contributed by atoms with Crippen LogP contribution in [-0.2, 0) is 13.3 Å². The number of nitrogens with zero attached hydrogens (tertiary/aromatic N) is 2. The van der Waals surface area contributed by atoms with Gasteiger partial charge in [-0.15, -0.1) is 0 Å². The number of halogens is 4. The van der Waals surface area contributed by atoms with E-state index in [1.165, 1.54) is 19.4 Å². The van der Waals surface area contributed by atoms with Crippen LogP contribution in [-0.4, -0.2) is 88.0 Å². The van der Waals surface area contributed by atoms with E-state index in [0.29, 0.717) is 19.8 Å². The maximum absolute atomic E-state index is 5.90. The fourth-order valence-corrected chi connectivity index (χ4v) is 5.40. The molecule has 0 aromatic carbocycles. The molecule has 0 atom stereocenters. The summed E-state index contributed by atoms with van der Waals surface area (Å²) in [5, 5.41) is 0. The molecule has 0 amide bonds. The first-order valence-electron chi connectivity index (χ1n) is 8.94. The van der Waals surface area contributed by atoms with E-state index < -0.39 is 8.80 Å². The first kappa shape index (κ1) is 38.8. The van der Waals surface area contributed by atoms with Crippen LogP contribution in [0.1, 0.15) is 47.0 Å². The van der Waals surface area contributed by atoms with Crippen molar-refractivity contribution in [2.75, 3.05) is 46.0 Å². The van der Waals surface area contributed by atoms with Gasteiger partial charge in [0.1, 0.15) is 13.1 Å². The van der Waals surface area contributed by atoms with Crippen LogP contribution in [0.25, 0.3) is 0 Å². The Morgan fingerprint density at radius 2 is 1.41 bits per heavy atom. The van der Waals surface area contributed by atoms with Gasteiger partial charge in [-0.25, -0.2) is 0 Å². The van der Waals surface area contributed by atoms with Crippen LogP contribution in [0.15, 0.2) is 0 Å². The summed E-state index contributed by atoms with van der Waals surface area (Å²) >= 11 is 0. The molecule has 0 radical (unpaired) electrons. The molecule has 27 heavy (non-hydrogen) atoms. The van der Waals surface area contributed by atoms with Crippen molar-refractivity contribution in [2.45, 2.75) is 53.0 Å². The number of rotatable bonds is 13. The Balaban J connectivity index is -0.000000323. The predicted molar refractivity (Wildman–Crippen MR) is 98.3 cm³/mol. The minimum Gasteiger partial charge on any atom is -1.00 e. The molecule has 0 saturated heterocycles. The van der Waals surface area contributed by atoms with Gasteiger partial charge in [-0.1, -0.05) is 13.3 Å². The van der Waals surface area contributed by atoms with Crippen molar-refractivity contribution in [3.8, 4) is 0 Å². The molecule has 0 saturated carbocycles. The van der Waals surface area contributed by atoms with Crippen molar-refractivity contribution in [3.05, 3.63) is 0 Å². The molecular formula is C16H35AlCl4N2O3Si. The van der Waals surface area contributed by atoms with Crippen molar-refractivity contribution in [3.63, 3.8) is 0 Å². The Morgan fingerprint density at radius 1 is 0.889 bits per heavy atom. The fraction of sp³-hybridized carbons (Fsp3) is 0.938. The molecule has 0 aromatic rings. The summed E-state index contributed by atoms with van der Waals surface area (Å²) in [6.07, 6.45) is 5.89. The van der Waals surface area contributed by atoms with Gasteiger partial charge in [-0.05, 0) is 33.6 Å². The van der Waals surface area contributed by atoms with Gasteiger partial charge in [0.15, 0.2) is 0 Å². The van der Waals surface area contributed by atoms with Gasteiger partial charge in [-0.2, -0.15) is 0 Å². The minimum atomic E-state index is -2.46. The molecule has 5 nitrogen and oxygen atoms in total. The molecule has 0 fully saturated rings. The third-order valence-corrected chi connectivity index (χ3v) is 6.97. The SMILES string of the molecule is CCCCN1C=[N+](CCC[Si](OCC)(OCC)OCC)CC1.[Al+3].[Cl-].[Cl-].[Cl-].[Cl-]. The molecule has 11 heteroatoms. The zero-order valence-electron chi connectivity index (χ0n) is 17.1. The van der Waals surface area contributed by atoms with Gasteiger partial charge < -0.3 is 62.9 Å². The number of unbranched alkanes of at least 4 members (excludes halogenated alkanes) is 1. The Bertz CT molecular complexity index is 332. The molecule has 0 aromatic heterocycles. The molecule has 1 rings (SSSR count). The van der Waals surface area contributed by atoms with Crippen molar-refractivity contribution >= 4 is 32.5 Å². The maximum atomic E-state index is 5.90. The summed E-state index contributed by atoms with van der Waals surface area (Å²) in [6.45, 7) is 14.8. The minimum absolute atomic E-state index is 0. The molecule has 0 N–H and O–H groups in total. The molecular weight excluding hydrogens is 465 g/mol. The van der Waals surface area contributed by atoms with Crippen LogP contribution < -0.4 is 49.6 Å². The quantitative estimate of drug-likeness (QED) is 0.186.